The normalized spacial score (nSPS) is 20.8. The van der Waals surface area contributed by atoms with Crippen LogP contribution < -0.4 is 10.6 Å². The summed E-state index contributed by atoms with van der Waals surface area (Å²) in [5.74, 6) is 2.32. The highest BCUT2D eigenvalue weighted by Gasteiger charge is 2.24. The Morgan fingerprint density at radius 3 is 3.06 bits per heavy atom. The maximum atomic E-state index is 5.77. The van der Waals surface area contributed by atoms with Crippen LogP contribution in [0.3, 0.4) is 0 Å². The molecule has 4 nitrogen and oxygen atoms in total. The van der Waals surface area contributed by atoms with E-state index >= 15 is 0 Å². The fraction of sp³-hybridized carbons (Fsp3) is 0.667. The zero-order chi connectivity index (χ0) is 11.5. The molecule has 1 saturated heterocycles. The van der Waals surface area contributed by atoms with E-state index in [1.54, 1.807) is 0 Å². The van der Waals surface area contributed by atoms with E-state index in [1.807, 2.05) is 12.3 Å². The molecule has 88 valence electrons. The van der Waals surface area contributed by atoms with E-state index in [0.29, 0.717) is 18.5 Å². The third-order valence-corrected chi connectivity index (χ3v) is 3.12. The summed E-state index contributed by atoms with van der Waals surface area (Å²) in [6.45, 7) is 6.00. The zero-order valence-electron chi connectivity index (χ0n) is 10.1. The first-order chi connectivity index (χ1) is 7.72. The lowest BCUT2D eigenvalue weighted by Crippen LogP contribution is -2.36. The highest BCUT2D eigenvalue weighted by molar-refractivity contribution is 5.40. The topological polar surface area (TPSA) is 55.0 Å². The number of anilines is 1. The minimum absolute atomic E-state index is 0.374. The summed E-state index contributed by atoms with van der Waals surface area (Å²) in [5, 5.41) is 0. The minimum Gasteiger partial charge on any atom is -0.352 e. The van der Waals surface area contributed by atoms with Crippen LogP contribution in [0.4, 0.5) is 5.82 Å². The van der Waals surface area contributed by atoms with Crippen LogP contribution in [0.2, 0.25) is 0 Å². The van der Waals surface area contributed by atoms with Gasteiger partial charge in [0.2, 0.25) is 0 Å². The molecule has 1 aliphatic rings. The van der Waals surface area contributed by atoms with E-state index in [0.717, 1.165) is 18.2 Å². The molecular formula is C12H20N4. The molecule has 0 saturated carbocycles. The summed E-state index contributed by atoms with van der Waals surface area (Å²) in [4.78, 5) is 11.2. The Hall–Kier alpha value is -1.16. The molecule has 0 bridgehead atoms. The van der Waals surface area contributed by atoms with Crippen molar-refractivity contribution in [3.63, 3.8) is 0 Å². The van der Waals surface area contributed by atoms with E-state index in [1.165, 1.54) is 12.8 Å². The van der Waals surface area contributed by atoms with Crippen LogP contribution in [0.15, 0.2) is 12.3 Å². The first-order valence-electron chi connectivity index (χ1n) is 6.02. The van der Waals surface area contributed by atoms with Gasteiger partial charge < -0.3 is 10.6 Å². The second-order valence-electron chi connectivity index (χ2n) is 4.65. The third kappa shape index (κ3) is 2.16. The van der Waals surface area contributed by atoms with Crippen molar-refractivity contribution in [3.8, 4) is 0 Å². The Labute approximate surface area is 96.9 Å². The summed E-state index contributed by atoms with van der Waals surface area (Å²) in [6, 6.07) is 2.44. The van der Waals surface area contributed by atoms with Crippen LogP contribution in [-0.2, 0) is 0 Å². The van der Waals surface area contributed by atoms with Crippen LogP contribution in [-0.4, -0.2) is 29.1 Å². The molecule has 2 rings (SSSR count). The van der Waals surface area contributed by atoms with Gasteiger partial charge in [-0.05, 0) is 18.9 Å². The van der Waals surface area contributed by atoms with E-state index in [2.05, 4.69) is 28.7 Å². The van der Waals surface area contributed by atoms with E-state index < -0.39 is 0 Å². The molecule has 0 radical (unpaired) electrons. The molecule has 1 fully saturated rings. The van der Waals surface area contributed by atoms with Crippen molar-refractivity contribution in [3.05, 3.63) is 18.1 Å². The summed E-state index contributed by atoms with van der Waals surface area (Å²) in [5.41, 5.74) is 5.77. The van der Waals surface area contributed by atoms with Crippen molar-refractivity contribution in [2.45, 2.75) is 38.6 Å². The van der Waals surface area contributed by atoms with E-state index in [-0.39, 0.29) is 0 Å². The van der Waals surface area contributed by atoms with Crippen molar-refractivity contribution in [1.82, 2.24) is 9.97 Å². The van der Waals surface area contributed by atoms with Gasteiger partial charge in [0, 0.05) is 31.2 Å². The number of hydrogen-bond acceptors (Lipinski definition) is 4. The van der Waals surface area contributed by atoms with Gasteiger partial charge in [0.1, 0.15) is 11.6 Å². The van der Waals surface area contributed by atoms with Gasteiger partial charge in [0.25, 0.3) is 0 Å². The molecule has 2 N–H and O–H groups in total. The van der Waals surface area contributed by atoms with Gasteiger partial charge >= 0.3 is 0 Å². The summed E-state index contributed by atoms with van der Waals surface area (Å²) in [7, 11) is 0. The molecule has 1 unspecified atom stereocenters. The molecule has 0 aliphatic carbocycles. The Balaban J connectivity index is 2.22. The molecule has 1 aromatic rings. The highest BCUT2D eigenvalue weighted by atomic mass is 15.2. The molecule has 1 aromatic heterocycles. The number of hydrogen-bond donors (Lipinski definition) is 1. The second-order valence-corrected chi connectivity index (χ2v) is 4.65. The quantitative estimate of drug-likeness (QED) is 0.839. The monoisotopic (exact) mass is 220 g/mol. The Morgan fingerprint density at radius 2 is 2.38 bits per heavy atom. The second kappa shape index (κ2) is 4.78. The van der Waals surface area contributed by atoms with Crippen LogP contribution in [0.5, 0.6) is 0 Å². The van der Waals surface area contributed by atoms with Crippen LogP contribution in [0, 0.1) is 0 Å². The number of nitrogens with two attached hydrogens (primary N) is 1. The lowest BCUT2D eigenvalue weighted by atomic mass is 10.2. The average Bonchev–Trinajstić information content (AvgIpc) is 2.77. The Bertz CT molecular complexity index is 351. The zero-order valence-corrected chi connectivity index (χ0v) is 10.1. The van der Waals surface area contributed by atoms with Gasteiger partial charge in [0.05, 0.1) is 0 Å². The molecule has 0 amide bonds. The highest BCUT2D eigenvalue weighted by Crippen LogP contribution is 2.23. The smallest absolute Gasteiger partial charge is 0.133 e. The first kappa shape index (κ1) is 11.3. The number of nitrogens with zero attached hydrogens (tertiary/aromatic N) is 3. The molecule has 1 aliphatic heterocycles. The van der Waals surface area contributed by atoms with E-state index in [4.69, 9.17) is 5.73 Å². The summed E-state index contributed by atoms with van der Waals surface area (Å²) in [6.07, 6.45) is 4.24. The van der Waals surface area contributed by atoms with Crippen molar-refractivity contribution in [2.24, 2.45) is 5.73 Å². The Morgan fingerprint density at radius 1 is 1.56 bits per heavy atom. The van der Waals surface area contributed by atoms with Gasteiger partial charge in [-0.15, -0.1) is 0 Å². The molecule has 2 heterocycles. The third-order valence-electron chi connectivity index (χ3n) is 3.12. The number of rotatable bonds is 3. The Kier molecular flexibility index (Phi) is 3.39. The molecule has 0 aromatic carbocycles. The molecule has 4 heteroatoms. The first-order valence-corrected chi connectivity index (χ1v) is 6.02. The van der Waals surface area contributed by atoms with Crippen LogP contribution >= 0.6 is 0 Å². The van der Waals surface area contributed by atoms with Crippen molar-refractivity contribution in [1.29, 1.82) is 0 Å². The molecular weight excluding hydrogens is 200 g/mol. The van der Waals surface area contributed by atoms with Gasteiger partial charge in [-0.3, -0.25) is 0 Å². The fourth-order valence-electron chi connectivity index (χ4n) is 2.18. The average molecular weight is 220 g/mol. The predicted molar refractivity (Wildman–Crippen MR) is 65.5 cm³/mol. The van der Waals surface area contributed by atoms with Crippen molar-refractivity contribution >= 4 is 5.82 Å². The molecule has 0 spiro atoms. The van der Waals surface area contributed by atoms with Crippen molar-refractivity contribution in [2.75, 3.05) is 18.0 Å². The van der Waals surface area contributed by atoms with E-state index in [9.17, 15) is 0 Å². The van der Waals surface area contributed by atoms with Gasteiger partial charge in [-0.1, -0.05) is 13.8 Å². The standard InChI is InChI=1S/C12H20N4/c1-9(2)12-14-6-5-11(15-12)16-7-3-4-10(16)8-13/h5-6,9-10H,3-4,7-8,13H2,1-2H3. The van der Waals surface area contributed by atoms with Crippen LogP contribution in [0.1, 0.15) is 38.4 Å². The maximum Gasteiger partial charge on any atom is 0.133 e. The lowest BCUT2D eigenvalue weighted by molar-refractivity contribution is 0.665. The van der Waals surface area contributed by atoms with Crippen molar-refractivity contribution < 1.29 is 0 Å². The summed E-state index contributed by atoms with van der Waals surface area (Å²) >= 11 is 0. The minimum atomic E-state index is 0.374. The summed E-state index contributed by atoms with van der Waals surface area (Å²) < 4.78 is 0. The largest absolute Gasteiger partial charge is 0.352 e. The SMILES string of the molecule is CC(C)c1nccc(N2CCCC2CN)n1. The van der Waals surface area contributed by atoms with Crippen LogP contribution in [0.25, 0.3) is 0 Å². The van der Waals surface area contributed by atoms with Gasteiger partial charge in [0.15, 0.2) is 0 Å². The van der Waals surface area contributed by atoms with Gasteiger partial charge in [-0.2, -0.15) is 0 Å². The maximum absolute atomic E-state index is 5.77. The number of aromatic nitrogens is 2. The molecule has 1 atom stereocenters. The fourth-order valence-corrected chi connectivity index (χ4v) is 2.18. The predicted octanol–water partition coefficient (Wildman–Crippen LogP) is 1.53. The lowest BCUT2D eigenvalue weighted by Gasteiger charge is -2.24. The van der Waals surface area contributed by atoms with Gasteiger partial charge in [-0.25, -0.2) is 9.97 Å². The molecule has 16 heavy (non-hydrogen) atoms.